The summed E-state index contributed by atoms with van der Waals surface area (Å²) >= 11 is 3.93. The molecule has 1 aliphatic heterocycles. The molecule has 180 valence electrons. The number of carboxylic acid groups (broad SMARTS) is 2. The molecule has 4 unspecified atom stereocenters. The van der Waals surface area contributed by atoms with E-state index in [1.54, 1.807) is 30.3 Å². The normalized spacial score (nSPS) is 18.1. The van der Waals surface area contributed by atoms with Crippen LogP contribution in [0.3, 0.4) is 0 Å². The summed E-state index contributed by atoms with van der Waals surface area (Å²) in [7, 11) is 0. The van der Waals surface area contributed by atoms with Gasteiger partial charge < -0.3 is 31.5 Å². The number of nitrogens with zero attached hydrogens (tertiary/aromatic N) is 1. The lowest BCUT2D eigenvalue weighted by atomic mass is 10.0. The number of amides is 3. The predicted octanol–water partition coefficient (Wildman–Crippen LogP) is -0.994. The van der Waals surface area contributed by atoms with Gasteiger partial charge in [-0.25, -0.2) is 4.79 Å². The number of hydrogen-bond donors (Lipinski definition) is 6. The number of nitrogens with one attached hydrogen (secondary N) is 2. The predicted molar refractivity (Wildman–Crippen MR) is 120 cm³/mol. The van der Waals surface area contributed by atoms with Crippen molar-refractivity contribution in [1.29, 1.82) is 0 Å². The molecular weight excluding hydrogens is 452 g/mol. The van der Waals surface area contributed by atoms with Crippen LogP contribution in [0.5, 0.6) is 0 Å². The average Bonchev–Trinajstić information content (AvgIpc) is 3.26. The molecule has 0 bridgehead atoms. The van der Waals surface area contributed by atoms with Crippen LogP contribution in [-0.4, -0.2) is 81.2 Å². The molecule has 1 saturated heterocycles. The molecule has 1 aromatic rings. The smallest absolute Gasteiger partial charge is 0.327 e. The average molecular weight is 481 g/mol. The Morgan fingerprint density at radius 2 is 1.76 bits per heavy atom. The summed E-state index contributed by atoms with van der Waals surface area (Å²) in [5, 5.41) is 22.9. The Kier molecular flexibility index (Phi) is 9.67. The molecular formula is C21H28N4O7S. The Morgan fingerprint density at radius 1 is 1.09 bits per heavy atom. The molecule has 1 aliphatic rings. The second-order valence-electron chi connectivity index (χ2n) is 7.73. The maximum atomic E-state index is 13.4. The molecule has 4 atom stereocenters. The lowest BCUT2D eigenvalue weighted by molar-refractivity contribution is -0.144. The maximum absolute atomic E-state index is 13.4. The molecule has 0 saturated carbocycles. The van der Waals surface area contributed by atoms with Gasteiger partial charge in [-0.3, -0.25) is 19.2 Å². The lowest BCUT2D eigenvalue weighted by Gasteiger charge is -2.30. The number of carboxylic acids is 2. The van der Waals surface area contributed by atoms with Gasteiger partial charge in [-0.2, -0.15) is 12.6 Å². The Bertz CT molecular complexity index is 883. The number of hydrogen-bond acceptors (Lipinski definition) is 7. The van der Waals surface area contributed by atoms with Crippen LogP contribution in [0.2, 0.25) is 0 Å². The largest absolute Gasteiger partial charge is 0.481 e. The van der Waals surface area contributed by atoms with E-state index in [0.29, 0.717) is 12.8 Å². The number of benzene rings is 1. The zero-order valence-electron chi connectivity index (χ0n) is 17.8. The third-order valence-electron chi connectivity index (χ3n) is 5.26. The quantitative estimate of drug-likeness (QED) is 0.218. The summed E-state index contributed by atoms with van der Waals surface area (Å²) in [6, 6.07) is 4.32. The molecule has 6 N–H and O–H groups in total. The molecule has 3 amide bonds. The van der Waals surface area contributed by atoms with Gasteiger partial charge >= 0.3 is 11.9 Å². The molecule has 33 heavy (non-hydrogen) atoms. The van der Waals surface area contributed by atoms with E-state index in [9.17, 15) is 24.0 Å². The number of thiol groups is 1. The number of carbonyl (C=O) groups is 5. The van der Waals surface area contributed by atoms with Gasteiger partial charge in [0.05, 0.1) is 12.5 Å². The monoisotopic (exact) mass is 480 g/mol. The van der Waals surface area contributed by atoms with Crippen LogP contribution in [0.25, 0.3) is 0 Å². The highest BCUT2D eigenvalue weighted by molar-refractivity contribution is 7.80. The van der Waals surface area contributed by atoms with Crippen LogP contribution in [0.1, 0.15) is 24.8 Å². The molecule has 2 rings (SSSR count). The van der Waals surface area contributed by atoms with E-state index < -0.39 is 60.2 Å². The molecule has 0 aliphatic carbocycles. The number of carbonyl (C=O) groups excluding carboxylic acids is 3. The highest BCUT2D eigenvalue weighted by Gasteiger charge is 2.39. The van der Waals surface area contributed by atoms with Crippen LogP contribution >= 0.6 is 12.6 Å². The van der Waals surface area contributed by atoms with Gasteiger partial charge in [-0.05, 0) is 18.4 Å². The van der Waals surface area contributed by atoms with Crippen molar-refractivity contribution in [3.05, 3.63) is 35.9 Å². The van der Waals surface area contributed by atoms with Crippen LogP contribution < -0.4 is 16.4 Å². The molecule has 11 nitrogen and oxygen atoms in total. The van der Waals surface area contributed by atoms with E-state index >= 15 is 0 Å². The SMILES string of the molecule is NC(CC(=O)O)C(=O)NC(Cc1ccccc1)C(=O)N1CCCC1C(=O)NC(CS)C(=O)O. The van der Waals surface area contributed by atoms with E-state index in [-0.39, 0.29) is 18.7 Å². The van der Waals surface area contributed by atoms with E-state index in [4.69, 9.17) is 15.9 Å². The molecule has 0 radical (unpaired) electrons. The zero-order chi connectivity index (χ0) is 24.5. The lowest BCUT2D eigenvalue weighted by Crippen LogP contribution is -2.57. The molecule has 1 heterocycles. The van der Waals surface area contributed by atoms with Crippen molar-refractivity contribution in [2.75, 3.05) is 12.3 Å². The molecule has 0 aromatic heterocycles. The standard InChI is InChI=1S/C21H28N4O7S/c22-13(10-17(26)27)18(28)23-14(9-12-5-2-1-3-6-12)20(30)25-8-4-7-16(25)19(29)24-15(11-33)21(31)32/h1-3,5-6,13-16,33H,4,7-11,22H2,(H,23,28)(H,24,29)(H,26,27)(H,31,32). The van der Waals surface area contributed by atoms with Crippen LogP contribution in [0, 0.1) is 0 Å². The minimum atomic E-state index is -1.35. The number of rotatable bonds is 11. The van der Waals surface area contributed by atoms with Crippen LogP contribution in [-0.2, 0) is 30.4 Å². The minimum Gasteiger partial charge on any atom is -0.481 e. The molecule has 1 fully saturated rings. The number of nitrogens with two attached hydrogens (primary N) is 1. The zero-order valence-corrected chi connectivity index (χ0v) is 18.7. The van der Waals surface area contributed by atoms with Crippen molar-refractivity contribution in [2.45, 2.75) is 49.9 Å². The van der Waals surface area contributed by atoms with Gasteiger partial charge in [-0.15, -0.1) is 0 Å². The molecule has 0 spiro atoms. The fourth-order valence-electron chi connectivity index (χ4n) is 3.57. The van der Waals surface area contributed by atoms with Crippen molar-refractivity contribution in [3.8, 4) is 0 Å². The van der Waals surface area contributed by atoms with Crippen molar-refractivity contribution < 1.29 is 34.2 Å². The molecule has 1 aromatic carbocycles. The summed E-state index contributed by atoms with van der Waals surface area (Å²) in [4.78, 5) is 61.9. The van der Waals surface area contributed by atoms with Crippen molar-refractivity contribution in [3.63, 3.8) is 0 Å². The first kappa shape index (κ1) is 26.1. The summed E-state index contributed by atoms with van der Waals surface area (Å²) < 4.78 is 0. The van der Waals surface area contributed by atoms with E-state index in [1.807, 2.05) is 0 Å². The first-order valence-electron chi connectivity index (χ1n) is 10.4. The van der Waals surface area contributed by atoms with Gasteiger partial charge in [-0.1, -0.05) is 30.3 Å². The first-order chi connectivity index (χ1) is 15.6. The van der Waals surface area contributed by atoms with Crippen molar-refractivity contribution >= 4 is 42.3 Å². The highest BCUT2D eigenvalue weighted by atomic mass is 32.1. The van der Waals surface area contributed by atoms with Gasteiger partial charge in [0.2, 0.25) is 17.7 Å². The van der Waals surface area contributed by atoms with Gasteiger partial charge in [0.25, 0.3) is 0 Å². The third kappa shape index (κ3) is 7.46. The molecule has 12 heteroatoms. The Balaban J connectivity index is 2.20. The van der Waals surface area contributed by atoms with E-state index in [2.05, 4.69) is 23.3 Å². The maximum Gasteiger partial charge on any atom is 0.327 e. The van der Waals surface area contributed by atoms with E-state index in [0.717, 1.165) is 5.56 Å². The summed E-state index contributed by atoms with van der Waals surface area (Å²) in [6.07, 6.45) is 0.353. The first-order valence-corrected chi connectivity index (χ1v) is 11.0. The van der Waals surface area contributed by atoms with Gasteiger partial charge in [0, 0.05) is 18.7 Å². The summed E-state index contributed by atoms with van der Waals surface area (Å²) in [5.74, 6) is -4.56. The fourth-order valence-corrected chi connectivity index (χ4v) is 3.81. The second-order valence-corrected chi connectivity index (χ2v) is 8.09. The summed E-state index contributed by atoms with van der Waals surface area (Å²) in [6.45, 7) is 0.248. The van der Waals surface area contributed by atoms with Crippen molar-refractivity contribution in [1.82, 2.24) is 15.5 Å². The third-order valence-corrected chi connectivity index (χ3v) is 5.63. The number of aliphatic carboxylic acids is 2. The highest BCUT2D eigenvalue weighted by Crippen LogP contribution is 2.20. The Hall–Kier alpha value is -3.12. The van der Waals surface area contributed by atoms with Gasteiger partial charge in [0.15, 0.2) is 0 Å². The Morgan fingerprint density at radius 3 is 2.33 bits per heavy atom. The topological polar surface area (TPSA) is 179 Å². The second kappa shape index (κ2) is 12.2. The fraction of sp³-hybridized carbons (Fsp3) is 0.476. The van der Waals surface area contributed by atoms with Crippen molar-refractivity contribution in [2.24, 2.45) is 5.73 Å². The van der Waals surface area contributed by atoms with E-state index in [1.165, 1.54) is 4.90 Å². The Labute approximate surface area is 196 Å². The minimum absolute atomic E-state index is 0.102. The number of likely N-dealkylation sites (tertiary alicyclic amines) is 1. The van der Waals surface area contributed by atoms with Gasteiger partial charge in [0.1, 0.15) is 18.1 Å². The summed E-state index contributed by atoms with van der Waals surface area (Å²) in [5.41, 5.74) is 6.38. The van der Waals surface area contributed by atoms with Crippen LogP contribution in [0.15, 0.2) is 30.3 Å². The van der Waals surface area contributed by atoms with Crippen LogP contribution in [0.4, 0.5) is 0 Å².